The van der Waals surface area contributed by atoms with Crippen LogP contribution in [0.1, 0.15) is 33.1 Å². The van der Waals surface area contributed by atoms with Gasteiger partial charge in [-0.05, 0) is 28.7 Å². The molecule has 0 spiro atoms. The number of aromatic nitrogens is 4. The predicted molar refractivity (Wildman–Crippen MR) is 73.6 cm³/mol. The summed E-state index contributed by atoms with van der Waals surface area (Å²) in [7, 11) is 1.77. The zero-order valence-corrected chi connectivity index (χ0v) is 12.5. The molecule has 3 atom stereocenters. The molecule has 1 amide bonds. The molecule has 1 aliphatic carbocycles. The molecule has 1 aromatic heterocycles. The highest BCUT2D eigenvalue weighted by Crippen LogP contribution is 2.29. The Labute approximate surface area is 117 Å². The molecule has 0 aliphatic heterocycles. The van der Waals surface area contributed by atoms with Crippen molar-refractivity contribution in [3.05, 3.63) is 0 Å². The molecular formula is C12H21N5OS. The largest absolute Gasteiger partial charge is 0.352 e. The van der Waals surface area contributed by atoms with Crippen molar-refractivity contribution in [1.82, 2.24) is 25.5 Å². The second kappa shape index (κ2) is 6.36. The maximum atomic E-state index is 12.0. The van der Waals surface area contributed by atoms with Gasteiger partial charge >= 0.3 is 0 Å². The van der Waals surface area contributed by atoms with Gasteiger partial charge in [0.25, 0.3) is 0 Å². The van der Waals surface area contributed by atoms with E-state index >= 15 is 0 Å². The first-order valence-electron chi connectivity index (χ1n) is 6.72. The first-order valence-corrected chi connectivity index (χ1v) is 7.71. The number of hydrogen-bond donors (Lipinski definition) is 1. The average Bonchev–Trinajstić information content (AvgIpc) is 2.78. The molecule has 1 aliphatic rings. The fourth-order valence-corrected chi connectivity index (χ4v) is 3.17. The molecule has 0 unspecified atom stereocenters. The van der Waals surface area contributed by atoms with Crippen molar-refractivity contribution in [3.63, 3.8) is 0 Å². The minimum Gasteiger partial charge on any atom is -0.352 e. The van der Waals surface area contributed by atoms with Crippen LogP contribution in [0.4, 0.5) is 0 Å². The summed E-state index contributed by atoms with van der Waals surface area (Å²) in [4.78, 5) is 12.0. The van der Waals surface area contributed by atoms with Gasteiger partial charge in [0.2, 0.25) is 11.1 Å². The summed E-state index contributed by atoms with van der Waals surface area (Å²) in [6.07, 6.45) is 3.57. The number of amides is 1. The van der Waals surface area contributed by atoms with Crippen LogP contribution in [0, 0.1) is 11.8 Å². The van der Waals surface area contributed by atoms with Gasteiger partial charge in [-0.15, -0.1) is 5.10 Å². The molecule has 1 fully saturated rings. The van der Waals surface area contributed by atoms with Crippen LogP contribution in [0.3, 0.4) is 0 Å². The summed E-state index contributed by atoms with van der Waals surface area (Å²) in [6, 6.07) is 0.314. The zero-order valence-electron chi connectivity index (χ0n) is 11.7. The lowest BCUT2D eigenvalue weighted by Gasteiger charge is -2.34. The van der Waals surface area contributed by atoms with Gasteiger partial charge in [0, 0.05) is 13.1 Å². The van der Waals surface area contributed by atoms with Gasteiger partial charge in [-0.2, -0.15) is 0 Å². The first kappa shape index (κ1) is 14.3. The van der Waals surface area contributed by atoms with E-state index in [1.165, 1.54) is 24.6 Å². The molecule has 0 aromatic carbocycles. The number of aryl methyl sites for hydroxylation is 1. The smallest absolute Gasteiger partial charge is 0.230 e. The van der Waals surface area contributed by atoms with Gasteiger partial charge in [-0.1, -0.05) is 38.5 Å². The van der Waals surface area contributed by atoms with Gasteiger partial charge in [0.15, 0.2) is 0 Å². The van der Waals surface area contributed by atoms with Crippen molar-refractivity contribution in [2.75, 3.05) is 5.75 Å². The Bertz CT molecular complexity index is 436. The van der Waals surface area contributed by atoms with Crippen molar-refractivity contribution in [3.8, 4) is 0 Å². The summed E-state index contributed by atoms with van der Waals surface area (Å²) in [5.74, 6) is 1.68. The highest BCUT2D eigenvalue weighted by molar-refractivity contribution is 7.99. The van der Waals surface area contributed by atoms with E-state index in [4.69, 9.17) is 0 Å². The lowest BCUT2D eigenvalue weighted by molar-refractivity contribution is -0.120. The summed E-state index contributed by atoms with van der Waals surface area (Å²) in [6.45, 7) is 4.50. The van der Waals surface area contributed by atoms with Gasteiger partial charge in [-0.3, -0.25) is 4.79 Å². The second-order valence-electron chi connectivity index (χ2n) is 5.32. The van der Waals surface area contributed by atoms with Crippen LogP contribution < -0.4 is 5.32 Å². The number of tetrazole rings is 1. The molecule has 1 saturated carbocycles. The maximum Gasteiger partial charge on any atom is 0.230 e. The minimum absolute atomic E-state index is 0.0685. The number of hydrogen-bond acceptors (Lipinski definition) is 5. The van der Waals surface area contributed by atoms with Crippen molar-refractivity contribution >= 4 is 17.7 Å². The fourth-order valence-electron chi connectivity index (χ4n) is 2.51. The molecule has 0 radical (unpaired) electrons. The van der Waals surface area contributed by atoms with Gasteiger partial charge in [0.1, 0.15) is 0 Å². The minimum atomic E-state index is 0.0685. The van der Waals surface area contributed by atoms with Crippen LogP contribution in [-0.2, 0) is 11.8 Å². The lowest BCUT2D eigenvalue weighted by Crippen LogP contribution is -2.44. The molecule has 106 valence electrons. The summed E-state index contributed by atoms with van der Waals surface area (Å²) >= 11 is 1.37. The van der Waals surface area contributed by atoms with Gasteiger partial charge in [-0.25, -0.2) is 4.68 Å². The van der Waals surface area contributed by atoms with Crippen molar-refractivity contribution in [1.29, 1.82) is 0 Å². The van der Waals surface area contributed by atoms with Crippen LogP contribution in [0.25, 0.3) is 0 Å². The topological polar surface area (TPSA) is 72.7 Å². The molecule has 0 saturated heterocycles. The Morgan fingerprint density at radius 3 is 2.95 bits per heavy atom. The van der Waals surface area contributed by atoms with E-state index in [1.54, 1.807) is 11.7 Å². The Morgan fingerprint density at radius 1 is 1.47 bits per heavy atom. The normalized spacial score (nSPS) is 27.2. The monoisotopic (exact) mass is 283 g/mol. The Balaban J connectivity index is 1.79. The molecular weight excluding hydrogens is 262 g/mol. The molecule has 0 bridgehead atoms. The highest BCUT2D eigenvalue weighted by Gasteiger charge is 2.28. The van der Waals surface area contributed by atoms with E-state index in [2.05, 4.69) is 34.7 Å². The first-order chi connectivity index (χ1) is 9.08. The number of nitrogens with zero attached hydrogens (tertiary/aromatic N) is 4. The Morgan fingerprint density at radius 2 is 2.26 bits per heavy atom. The summed E-state index contributed by atoms with van der Waals surface area (Å²) in [5.41, 5.74) is 0. The SMILES string of the molecule is C[C@@H]1[C@H](C)CCC[C@H]1NC(=O)CSc1nnnn1C. The maximum absolute atomic E-state index is 12.0. The molecule has 6 nitrogen and oxygen atoms in total. The molecule has 7 heteroatoms. The van der Waals surface area contributed by atoms with Crippen LogP contribution in [0.5, 0.6) is 0 Å². The zero-order chi connectivity index (χ0) is 13.8. The number of rotatable bonds is 4. The third kappa shape index (κ3) is 3.68. The highest BCUT2D eigenvalue weighted by atomic mass is 32.2. The molecule has 1 heterocycles. The fraction of sp³-hybridized carbons (Fsp3) is 0.833. The van der Waals surface area contributed by atoms with Crippen molar-refractivity contribution < 1.29 is 4.79 Å². The van der Waals surface area contributed by atoms with Gasteiger partial charge < -0.3 is 5.32 Å². The second-order valence-corrected chi connectivity index (χ2v) is 6.26. The van der Waals surface area contributed by atoms with E-state index in [9.17, 15) is 4.79 Å². The van der Waals surface area contributed by atoms with E-state index in [0.29, 0.717) is 28.8 Å². The van der Waals surface area contributed by atoms with Crippen LogP contribution in [-0.4, -0.2) is 37.9 Å². The quantitative estimate of drug-likeness (QED) is 0.842. The number of nitrogens with one attached hydrogen (secondary N) is 1. The molecule has 1 aromatic rings. The van der Waals surface area contributed by atoms with Crippen LogP contribution in [0.2, 0.25) is 0 Å². The Kier molecular flexibility index (Phi) is 4.79. The number of carbonyl (C=O) groups excluding carboxylic acids is 1. The van der Waals surface area contributed by atoms with Gasteiger partial charge in [0.05, 0.1) is 5.75 Å². The van der Waals surface area contributed by atoms with Crippen LogP contribution >= 0.6 is 11.8 Å². The average molecular weight is 283 g/mol. The molecule has 2 rings (SSSR count). The summed E-state index contributed by atoms with van der Waals surface area (Å²) < 4.78 is 1.57. The Hall–Kier alpha value is -1.11. The number of thioether (sulfide) groups is 1. The van der Waals surface area contributed by atoms with Crippen molar-refractivity contribution in [2.45, 2.75) is 44.3 Å². The van der Waals surface area contributed by atoms with Crippen LogP contribution in [0.15, 0.2) is 5.16 Å². The standard InChI is InChI=1S/C12H21N5OS/c1-8-5-4-6-10(9(8)2)13-11(18)7-19-12-14-15-16-17(12)3/h8-10H,4-7H2,1-3H3,(H,13,18)/t8-,9-,10-/m1/s1. The third-order valence-corrected chi connectivity index (χ3v) is 4.98. The van der Waals surface area contributed by atoms with E-state index in [1.807, 2.05) is 0 Å². The van der Waals surface area contributed by atoms with E-state index in [-0.39, 0.29) is 5.91 Å². The lowest BCUT2D eigenvalue weighted by atomic mass is 9.78. The van der Waals surface area contributed by atoms with Crippen molar-refractivity contribution in [2.24, 2.45) is 18.9 Å². The van der Waals surface area contributed by atoms with E-state index < -0.39 is 0 Å². The van der Waals surface area contributed by atoms with E-state index in [0.717, 1.165) is 6.42 Å². The molecule has 19 heavy (non-hydrogen) atoms. The molecule has 1 N–H and O–H groups in total. The number of carbonyl (C=O) groups is 1. The summed E-state index contributed by atoms with van der Waals surface area (Å²) in [5, 5.41) is 14.9. The predicted octanol–water partition coefficient (Wildman–Crippen LogP) is 1.24. The third-order valence-electron chi connectivity index (χ3n) is 3.97.